The Bertz CT molecular complexity index is 1410. The summed E-state index contributed by atoms with van der Waals surface area (Å²) in [6, 6.07) is 14.8. The van der Waals surface area contributed by atoms with Gasteiger partial charge in [0.15, 0.2) is 19.1 Å². The first-order chi connectivity index (χ1) is 18.2. The van der Waals surface area contributed by atoms with E-state index >= 15 is 0 Å². The number of hydrogen-bond donors (Lipinski definition) is 1. The number of hydrogen-bond acceptors (Lipinski definition) is 8. The number of nitrogens with zero attached hydrogens (tertiary/aromatic N) is 4. The molecule has 2 aromatic heterocycles. The third-order valence-corrected chi connectivity index (χ3v) is 5.76. The summed E-state index contributed by atoms with van der Waals surface area (Å²) in [6.45, 7) is 6.91. The van der Waals surface area contributed by atoms with Crippen LogP contribution in [0.4, 0.5) is 0 Å². The highest BCUT2D eigenvalue weighted by molar-refractivity contribution is 5.96. The number of rotatable bonds is 11. The molecule has 10 heteroatoms. The van der Waals surface area contributed by atoms with Crippen LogP contribution in [0, 0.1) is 5.41 Å². The molecule has 2 heterocycles. The second-order valence-corrected chi connectivity index (χ2v) is 10.0. The lowest BCUT2D eigenvalue weighted by molar-refractivity contribution is 0.0435. The maximum atomic E-state index is 11.7. The quantitative estimate of drug-likeness (QED) is 0.278. The van der Waals surface area contributed by atoms with E-state index in [1.54, 1.807) is 12.1 Å². The summed E-state index contributed by atoms with van der Waals surface area (Å²) >= 11 is 0. The molecule has 0 unspecified atom stereocenters. The molecule has 4 rings (SSSR count). The summed E-state index contributed by atoms with van der Waals surface area (Å²) < 4.78 is 23.6. The molecule has 38 heavy (non-hydrogen) atoms. The van der Waals surface area contributed by atoms with Gasteiger partial charge in [0.2, 0.25) is 0 Å². The van der Waals surface area contributed by atoms with Gasteiger partial charge in [-0.05, 0) is 28.2 Å². The lowest BCUT2D eigenvalue weighted by Crippen LogP contribution is -2.15. The zero-order chi connectivity index (χ0) is 27.3. The van der Waals surface area contributed by atoms with E-state index in [1.165, 1.54) is 14.2 Å². The van der Waals surface area contributed by atoms with Crippen molar-refractivity contribution in [2.45, 2.75) is 33.7 Å². The number of imidazole rings is 1. The summed E-state index contributed by atoms with van der Waals surface area (Å²) in [6.07, 6.45) is 0.680. The molecule has 0 aliphatic heterocycles. The largest absolute Gasteiger partial charge is 0.478 e. The summed E-state index contributed by atoms with van der Waals surface area (Å²) in [5, 5.41) is 18.0. The van der Waals surface area contributed by atoms with Crippen molar-refractivity contribution in [3.05, 3.63) is 65.5 Å². The molecule has 0 fully saturated rings. The van der Waals surface area contributed by atoms with Gasteiger partial charge in [-0.2, -0.15) is 0 Å². The van der Waals surface area contributed by atoms with Crippen LogP contribution in [-0.2, 0) is 22.4 Å². The summed E-state index contributed by atoms with van der Waals surface area (Å²) in [7, 11) is 3.07. The number of carbonyl (C=O) groups is 1. The third-order valence-electron chi connectivity index (χ3n) is 5.76. The Balaban J connectivity index is 1.79. The second-order valence-electron chi connectivity index (χ2n) is 10.0. The van der Waals surface area contributed by atoms with E-state index in [0.29, 0.717) is 29.6 Å². The molecule has 0 aliphatic rings. The monoisotopic (exact) mass is 520 g/mol. The fraction of sp³-hybridized carbons (Fsp3) is 0.357. The molecule has 1 N–H and O–H groups in total. The first-order valence-corrected chi connectivity index (χ1v) is 12.1. The van der Waals surface area contributed by atoms with E-state index in [4.69, 9.17) is 23.9 Å². The molecule has 10 nitrogen and oxygen atoms in total. The molecule has 0 amide bonds. The minimum atomic E-state index is -0.961. The van der Waals surface area contributed by atoms with Crippen LogP contribution in [-0.4, -0.2) is 58.6 Å². The van der Waals surface area contributed by atoms with Gasteiger partial charge in [-0.3, -0.25) is 0 Å². The van der Waals surface area contributed by atoms with E-state index in [2.05, 4.69) is 35.5 Å². The van der Waals surface area contributed by atoms with Crippen LogP contribution >= 0.6 is 0 Å². The van der Waals surface area contributed by atoms with Crippen LogP contribution < -0.4 is 9.47 Å². The zero-order valence-corrected chi connectivity index (χ0v) is 22.2. The molecule has 0 atom stereocenters. The molecule has 200 valence electrons. The first-order valence-electron chi connectivity index (χ1n) is 12.1. The predicted octanol–water partition coefficient (Wildman–Crippen LogP) is 4.79. The van der Waals surface area contributed by atoms with Gasteiger partial charge in [-0.25, -0.2) is 9.78 Å². The van der Waals surface area contributed by atoms with Crippen molar-refractivity contribution in [1.29, 1.82) is 0 Å². The van der Waals surface area contributed by atoms with Crippen molar-refractivity contribution in [3.63, 3.8) is 0 Å². The molecule has 0 aliphatic carbocycles. The highest BCUT2D eigenvalue weighted by Gasteiger charge is 2.25. The van der Waals surface area contributed by atoms with Gasteiger partial charge < -0.3 is 28.6 Å². The molecule has 0 spiro atoms. The average molecular weight is 521 g/mol. The third kappa shape index (κ3) is 6.09. The topological polar surface area (TPSA) is 118 Å². The van der Waals surface area contributed by atoms with Crippen LogP contribution in [0.1, 0.15) is 42.5 Å². The highest BCUT2D eigenvalue weighted by Crippen LogP contribution is 2.33. The molecular formula is C28H32N4O6. The minimum absolute atomic E-state index is 0.000474. The number of fused-ring (bicyclic) bond motifs is 1. The highest BCUT2D eigenvalue weighted by atomic mass is 16.7. The molecule has 0 saturated heterocycles. The van der Waals surface area contributed by atoms with Crippen LogP contribution in [0.25, 0.3) is 22.2 Å². The van der Waals surface area contributed by atoms with Gasteiger partial charge in [0.1, 0.15) is 11.3 Å². The maximum Gasteiger partial charge on any atom is 0.336 e. The van der Waals surface area contributed by atoms with Gasteiger partial charge in [0.25, 0.3) is 11.8 Å². The molecule has 0 bridgehead atoms. The Hall–Kier alpha value is -4.02. The summed E-state index contributed by atoms with van der Waals surface area (Å²) in [5.74, 6) is 0.400. The number of ether oxygens (including phenoxy) is 4. The molecular weight excluding hydrogens is 488 g/mol. The van der Waals surface area contributed by atoms with Crippen LogP contribution in [0.15, 0.2) is 48.5 Å². The standard InChI is InChI=1S/C28H32N4O6/c1-28(2,3)14-22-29-23-24(26(38-17-36-5)31-30-25(23)37-16-35-4)32(22)15-18-10-12-19(13-11-18)20-8-6-7-9-21(20)27(33)34/h6-13H,14-17H2,1-5H3,(H,33,34). The number of benzene rings is 2. The van der Waals surface area contributed by atoms with E-state index in [9.17, 15) is 9.90 Å². The van der Waals surface area contributed by atoms with Crippen molar-refractivity contribution in [2.75, 3.05) is 27.8 Å². The van der Waals surface area contributed by atoms with Gasteiger partial charge in [-0.15, -0.1) is 10.2 Å². The molecule has 0 radical (unpaired) electrons. The van der Waals surface area contributed by atoms with E-state index in [-0.39, 0.29) is 36.3 Å². The Morgan fingerprint density at radius 2 is 1.55 bits per heavy atom. The average Bonchev–Trinajstić information content (AvgIpc) is 3.23. The number of carboxylic acid groups (broad SMARTS) is 1. The lowest BCUT2D eigenvalue weighted by atomic mass is 9.92. The zero-order valence-electron chi connectivity index (χ0n) is 22.2. The smallest absolute Gasteiger partial charge is 0.336 e. The SMILES string of the molecule is COCOc1nnc(OCOC)c2c1nc(CC(C)(C)C)n2Cc1ccc(-c2ccccc2C(=O)O)cc1. The second kappa shape index (κ2) is 11.6. The summed E-state index contributed by atoms with van der Waals surface area (Å²) in [5.41, 5.74) is 3.85. The molecule has 2 aromatic carbocycles. The molecule has 4 aromatic rings. The Morgan fingerprint density at radius 3 is 2.18 bits per heavy atom. The van der Waals surface area contributed by atoms with Crippen molar-refractivity contribution >= 4 is 17.0 Å². The van der Waals surface area contributed by atoms with Gasteiger partial charge in [0.05, 0.1) is 5.56 Å². The van der Waals surface area contributed by atoms with Crippen molar-refractivity contribution < 1.29 is 28.8 Å². The van der Waals surface area contributed by atoms with E-state index in [1.807, 2.05) is 36.4 Å². The Morgan fingerprint density at radius 1 is 0.921 bits per heavy atom. The minimum Gasteiger partial charge on any atom is -0.478 e. The molecule has 0 saturated carbocycles. The fourth-order valence-electron chi connectivity index (χ4n) is 4.15. The van der Waals surface area contributed by atoms with Gasteiger partial charge >= 0.3 is 5.97 Å². The summed E-state index contributed by atoms with van der Waals surface area (Å²) in [4.78, 5) is 16.6. The number of aromatic nitrogens is 4. The van der Waals surface area contributed by atoms with E-state index < -0.39 is 5.97 Å². The van der Waals surface area contributed by atoms with Crippen LogP contribution in [0.3, 0.4) is 0 Å². The lowest BCUT2D eigenvalue weighted by Gasteiger charge is -2.19. The van der Waals surface area contributed by atoms with Gasteiger partial charge in [-0.1, -0.05) is 63.2 Å². The van der Waals surface area contributed by atoms with Crippen LogP contribution in [0.2, 0.25) is 0 Å². The Labute approximate surface area is 221 Å². The van der Waals surface area contributed by atoms with Crippen LogP contribution in [0.5, 0.6) is 11.8 Å². The van der Waals surface area contributed by atoms with E-state index in [0.717, 1.165) is 17.0 Å². The Kier molecular flexibility index (Phi) is 8.23. The van der Waals surface area contributed by atoms with Gasteiger partial charge in [0, 0.05) is 27.2 Å². The fourth-order valence-corrected chi connectivity index (χ4v) is 4.15. The number of methoxy groups -OCH3 is 2. The number of carboxylic acids is 1. The van der Waals surface area contributed by atoms with Crippen molar-refractivity contribution in [3.8, 4) is 22.9 Å². The van der Waals surface area contributed by atoms with Crippen molar-refractivity contribution in [1.82, 2.24) is 19.7 Å². The maximum absolute atomic E-state index is 11.7. The number of aromatic carboxylic acids is 1. The first kappa shape index (κ1) is 27.0. The van der Waals surface area contributed by atoms with Crippen molar-refractivity contribution in [2.24, 2.45) is 5.41 Å². The predicted molar refractivity (Wildman–Crippen MR) is 141 cm³/mol. The normalized spacial score (nSPS) is 11.6.